The van der Waals surface area contributed by atoms with Crippen LogP contribution in [0.5, 0.6) is 0 Å². The van der Waals surface area contributed by atoms with Crippen LogP contribution in [0, 0.1) is 5.82 Å². The fourth-order valence-electron chi connectivity index (χ4n) is 1.41. The van der Waals surface area contributed by atoms with Gasteiger partial charge in [-0.1, -0.05) is 11.8 Å². The number of nitrogens with two attached hydrogens (primary N) is 1. The van der Waals surface area contributed by atoms with E-state index in [0.29, 0.717) is 5.56 Å². The number of carbonyl (C=O) groups excluding carboxylic acids is 1. The van der Waals surface area contributed by atoms with E-state index in [1.165, 1.54) is 35.2 Å². The summed E-state index contributed by atoms with van der Waals surface area (Å²) in [5.74, 6) is -0.721. The molecule has 0 saturated carbocycles. The van der Waals surface area contributed by atoms with E-state index in [2.05, 4.69) is 5.32 Å². The van der Waals surface area contributed by atoms with Gasteiger partial charge in [0.05, 0.1) is 9.77 Å². The maximum Gasteiger partial charge on any atom is 0.251 e. The highest BCUT2D eigenvalue weighted by Crippen LogP contribution is 2.38. The maximum atomic E-state index is 12.8. The minimum Gasteiger partial charge on any atom is -0.379 e. The van der Waals surface area contributed by atoms with Gasteiger partial charge in [0.1, 0.15) is 10.8 Å². The second-order valence-corrected chi connectivity index (χ2v) is 5.90. The van der Waals surface area contributed by atoms with Crippen LogP contribution in [0.2, 0.25) is 0 Å². The van der Waals surface area contributed by atoms with E-state index >= 15 is 0 Å². The van der Waals surface area contributed by atoms with Crippen LogP contribution in [0.3, 0.4) is 0 Å². The predicted molar refractivity (Wildman–Crippen MR) is 72.9 cm³/mol. The highest BCUT2D eigenvalue weighted by molar-refractivity contribution is 8.01. The van der Waals surface area contributed by atoms with Crippen LogP contribution >= 0.6 is 23.1 Å². The molecule has 0 aliphatic heterocycles. The Morgan fingerprint density at radius 3 is 2.56 bits per heavy atom. The molecule has 0 atom stereocenters. The summed E-state index contributed by atoms with van der Waals surface area (Å²) < 4.78 is 13.7. The number of nitrogens with one attached hydrogen (secondary N) is 1. The zero-order chi connectivity index (χ0) is 13.1. The van der Waals surface area contributed by atoms with Crippen LogP contribution in [-0.2, 0) is 0 Å². The Bertz CT molecular complexity index is 566. The lowest BCUT2D eigenvalue weighted by atomic mass is 10.3. The van der Waals surface area contributed by atoms with Gasteiger partial charge in [-0.2, -0.15) is 0 Å². The molecule has 94 valence electrons. The van der Waals surface area contributed by atoms with E-state index in [1.807, 2.05) is 0 Å². The maximum absolute atomic E-state index is 12.8. The van der Waals surface area contributed by atoms with Gasteiger partial charge >= 0.3 is 0 Å². The quantitative estimate of drug-likeness (QED) is 0.905. The monoisotopic (exact) mass is 282 g/mol. The van der Waals surface area contributed by atoms with E-state index in [9.17, 15) is 9.18 Å². The van der Waals surface area contributed by atoms with Gasteiger partial charge in [0.2, 0.25) is 0 Å². The molecule has 0 aliphatic rings. The Kier molecular flexibility index (Phi) is 3.88. The van der Waals surface area contributed by atoms with Crippen molar-refractivity contribution in [3.05, 3.63) is 41.7 Å². The van der Waals surface area contributed by atoms with Crippen molar-refractivity contribution < 1.29 is 9.18 Å². The summed E-state index contributed by atoms with van der Waals surface area (Å²) in [5.41, 5.74) is 5.76. The highest BCUT2D eigenvalue weighted by Gasteiger charge is 2.13. The molecule has 1 aromatic heterocycles. The first-order valence-corrected chi connectivity index (χ1v) is 6.78. The zero-order valence-corrected chi connectivity index (χ0v) is 11.2. The normalized spacial score (nSPS) is 10.3. The van der Waals surface area contributed by atoms with E-state index < -0.39 is 5.91 Å². The van der Waals surface area contributed by atoms with Crippen molar-refractivity contribution >= 4 is 34.0 Å². The minimum atomic E-state index is -0.457. The Labute approximate surface area is 112 Å². The molecule has 0 unspecified atom stereocenters. The highest BCUT2D eigenvalue weighted by atomic mass is 32.2. The van der Waals surface area contributed by atoms with Gasteiger partial charge in [0, 0.05) is 11.9 Å². The number of rotatable bonds is 4. The first kappa shape index (κ1) is 12.9. The van der Waals surface area contributed by atoms with E-state index in [4.69, 9.17) is 5.73 Å². The number of primary amides is 1. The molecule has 3 nitrogen and oxygen atoms in total. The second kappa shape index (κ2) is 5.41. The van der Waals surface area contributed by atoms with Crippen molar-refractivity contribution in [2.24, 2.45) is 5.73 Å². The van der Waals surface area contributed by atoms with E-state index in [-0.39, 0.29) is 5.82 Å². The molecule has 0 saturated heterocycles. The number of hydrogen-bond acceptors (Lipinski definition) is 4. The van der Waals surface area contributed by atoms with Gasteiger partial charge in [-0.25, -0.2) is 4.39 Å². The average Bonchev–Trinajstić information content (AvgIpc) is 2.75. The molecule has 2 aromatic rings. The Morgan fingerprint density at radius 1 is 1.39 bits per heavy atom. The van der Waals surface area contributed by atoms with Crippen molar-refractivity contribution in [3.8, 4) is 0 Å². The van der Waals surface area contributed by atoms with E-state index in [0.717, 1.165) is 14.1 Å². The molecule has 1 aromatic carbocycles. The van der Waals surface area contributed by atoms with Crippen molar-refractivity contribution in [3.63, 3.8) is 0 Å². The third-order valence-electron chi connectivity index (χ3n) is 2.23. The van der Waals surface area contributed by atoms with Gasteiger partial charge in [-0.15, -0.1) is 11.3 Å². The molecule has 2 rings (SSSR count). The summed E-state index contributed by atoms with van der Waals surface area (Å²) >= 11 is 2.91. The van der Waals surface area contributed by atoms with Gasteiger partial charge < -0.3 is 11.1 Å². The molecule has 0 fully saturated rings. The standard InChI is InChI=1S/C12H11FN2OS2/c1-15-12-9(11(14)16)6-10(18-12)17-8-4-2-7(13)3-5-8/h2-6,15H,1H3,(H2,14,16). The molecule has 0 aliphatic carbocycles. The molecule has 18 heavy (non-hydrogen) atoms. The fourth-order valence-corrected chi connectivity index (χ4v) is 3.54. The van der Waals surface area contributed by atoms with Gasteiger partial charge in [-0.3, -0.25) is 4.79 Å². The number of amides is 1. The van der Waals surface area contributed by atoms with Crippen molar-refractivity contribution in [2.75, 3.05) is 12.4 Å². The average molecular weight is 282 g/mol. The number of halogens is 1. The first-order valence-electron chi connectivity index (χ1n) is 5.15. The second-order valence-electron chi connectivity index (χ2n) is 3.48. The van der Waals surface area contributed by atoms with Crippen LogP contribution in [0.25, 0.3) is 0 Å². The van der Waals surface area contributed by atoms with Crippen molar-refractivity contribution in [1.82, 2.24) is 0 Å². The molecule has 6 heteroatoms. The molecule has 0 radical (unpaired) electrons. The van der Waals surface area contributed by atoms with Gasteiger partial charge in [0.15, 0.2) is 0 Å². The fraction of sp³-hybridized carbons (Fsp3) is 0.0833. The topological polar surface area (TPSA) is 55.1 Å². The van der Waals surface area contributed by atoms with Crippen LogP contribution in [-0.4, -0.2) is 13.0 Å². The largest absolute Gasteiger partial charge is 0.379 e. The Morgan fingerprint density at radius 2 is 2.06 bits per heavy atom. The third kappa shape index (κ3) is 2.83. The van der Waals surface area contributed by atoms with Gasteiger partial charge in [0.25, 0.3) is 5.91 Å². The molecule has 0 bridgehead atoms. The molecule has 1 amide bonds. The summed E-state index contributed by atoms with van der Waals surface area (Å²) in [6, 6.07) is 7.95. The van der Waals surface area contributed by atoms with Crippen LogP contribution < -0.4 is 11.1 Å². The Balaban J connectivity index is 2.24. The molecular weight excluding hydrogens is 271 g/mol. The van der Waals surface area contributed by atoms with Crippen LogP contribution in [0.1, 0.15) is 10.4 Å². The minimum absolute atomic E-state index is 0.265. The molecular formula is C12H11FN2OS2. The summed E-state index contributed by atoms with van der Waals surface area (Å²) in [6.07, 6.45) is 0. The summed E-state index contributed by atoms with van der Waals surface area (Å²) in [7, 11) is 1.74. The number of carbonyl (C=O) groups is 1. The van der Waals surface area contributed by atoms with Crippen molar-refractivity contribution in [2.45, 2.75) is 9.10 Å². The molecule has 1 heterocycles. The van der Waals surface area contributed by atoms with Crippen LogP contribution in [0.4, 0.5) is 9.39 Å². The lowest BCUT2D eigenvalue weighted by Crippen LogP contribution is -2.11. The molecule has 0 spiro atoms. The lowest BCUT2D eigenvalue weighted by molar-refractivity contribution is 0.100. The number of anilines is 1. The van der Waals surface area contributed by atoms with Gasteiger partial charge in [-0.05, 0) is 30.3 Å². The van der Waals surface area contributed by atoms with E-state index in [1.54, 1.807) is 25.2 Å². The number of benzene rings is 1. The number of thiophene rings is 1. The summed E-state index contributed by atoms with van der Waals surface area (Å²) in [4.78, 5) is 12.1. The molecule has 3 N–H and O–H groups in total. The first-order chi connectivity index (χ1) is 8.60. The smallest absolute Gasteiger partial charge is 0.251 e. The predicted octanol–water partition coefficient (Wildman–Crippen LogP) is 3.18. The van der Waals surface area contributed by atoms with Crippen LogP contribution in [0.15, 0.2) is 39.4 Å². The Hall–Kier alpha value is -1.53. The zero-order valence-electron chi connectivity index (χ0n) is 9.57. The summed E-state index contributed by atoms with van der Waals surface area (Å²) in [6.45, 7) is 0. The third-order valence-corrected chi connectivity index (χ3v) is 4.51. The SMILES string of the molecule is CNc1sc(Sc2ccc(F)cc2)cc1C(N)=O. The number of hydrogen-bond donors (Lipinski definition) is 2. The van der Waals surface area contributed by atoms with Crippen molar-refractivity contribution in [1.29, 1.82) is 0 Å². The lowest BCUT2D eigenvalue weighted by Gasteiger charge is -1.97. The summed E-state index contributed by atoms with van der Waals surface area (Å²) in [5, 5.41) is 3.68.